The van der Waals surface area contributed by atoms with Gasteiger partial charge in [0.05, 0.1) is 6.54 Å². The molecule has 1 fully saturated rings. The van der Waals surface area contributed by atoms with Crippen LogP contribution in [0.2, 0.25) is 0 Å². The quantitative estimate of drug-likeness (QED) is 0.768. The normalized spacial score (nSPS) is 17.5. The van der Waals surface area contributed by atoms with E-state index in [2.05, 4.69) is 15.9 Å². The third-order valence-corrected chi connectivity index (χ3v) is 4.79. The van der Waals surface area contributed by atoms with Crippen molar-refractivity contribution in [1.29, 1.82) is 0 Å². The first-order chi connectivity index (χ1) is 12.7. The second-order valence-corrected chi connectivity index (χ2v) is 6.73. The maximum Gasteiger partial charge on any atom is 0.249 e. The minimum atomic E-state index is -0.305. The summed E-state index contributed by atoms with van der Waals surface area (Å²) < 4.78 is 18.5. The molecule has 140 valence electrons. The summed E-state index contributed by atoms with van der Waals surface area (Å²) in [5, 5.41) is 4.02. The van der Waals surface area contributed by atoms with Crippen LogP contribution in [-0.4, -0.2) is 34.0 Å². The average Bonchev–Trinajstić information content (AvgIpc) is 3.16. The zero-order valence-corrected chi connectivity index (χ0v) is 15.0. The number of nitrogens with zero attached hydrogens (tertiary/aromatic N) is 3. The van der Waals surface area contributed by atoms with E-state index < -0.39 is 0 Å². The van der Waals surface area contributed by atoms with Crippen LogP contribution in [0.3, 0.4) is 0 Å². The van der Waals surface area contributed by atoms with Gasteiger partial charge in [0.1, 0.15) is 11.9 Å². The molecule has 1 saturated heterocycles. The van der Waals surface area contributed by atoms with Crippen molar-refractivity contribution >= 4 is 5.91 Å². The van der Waals surface area contributed by atoms with Crippen molar-refractivity contribution in [3.63, 3.8) is 0 Å². The first-order valence-electron chi connectivity index (χ1n) is 9.37. The van der Waals surface area contributed by atoms with Gasteiger partial charge in [-0.2, -0.15) is 4.98 Å². The maximum absolute atomic E-state index is 13.1. The molecule has 0 unspecified atom stereocenters. The predicted molar refractivity (Wildman–Crippen MR) is 94.2 cm³/mol. The Kier molecular flexibility index (Phi) is 6.33. The predicted octanol–water partition coefficient (Wildman–Crippen LogP) is 2.73. The van der Waals surface area contributed by atoms with Gasteiger partial charge in [-0.05, 0) is 62.8 Å². The molecule has 0 bridgehead atoms. The highest BCUT2D eigenvalue weighted by atomic mass is 19.1. The van der Waals surface area contributed by atoms with Gasteiger partial charge in [-0.15, -0.1) is 0 Å². The lowest BCUT2D eigenvalue weighted by atomic mass is 10.0. The number of amides is 1. The summed E-state index contributed by atoms with van der Waals surface area (Å²) in [4.78, 5) is 19.0. The van der Waals surface area contributed by atoms with Crippen LogP contribution in [0.15, 0.2) is 28.8 Å². The zero-order valence-electron chi connectivity index (χ0n) is 15.0. The van der Waals surface area contributed by atoms with E-state index in [9.17, 15) is 9.18 Å². The number of halogens is 1. The number of quaternary nitrogens is 1. The number of rotatable bonds is 7. The SMILES string of the molecule is [NH3+]CCCCCC(=O)N1CCCC[C@@H]1c1nc(-c2ccc(F)cc2)no1. The summed E-state index contributed by atoms with van der Waals surface area (Å²) >= 11 is 0. The topological polar surface area (TPSA) is 86.9 Å². The van der Waals surface area contributed by atoms with E-state index in [-0.39, 0.29) is 17.8 Å². The van der Waals surface area contributed by atoms with Crippen LogP contribution in [0.4, 0.5) is 4.39 Å². The number of aromatic nitrogens is 2. The van der Waals surface area contributed by atoms with Gasteiger partial charge in [-0.1, -0.05) is 5.16 Å². The smallest absolute Gasteiger partial charge is 0.249 e. The molecule has 0 spiro atoms. The van der Waals surface area contributed by atoms with Crippen molar-refractivity contribution in [3.8, 4) is 11.4 Å². The molecule has 1 aromatic carbocycles. The van der Waals surface area contributed by atoms with Gasteiger partial charge in [-0.25, -0.2) is 4.39 Å². The Morgan fingerprint density at radius 3 is 2.81 bits per heavy atom. The van der Waals surface area contributed by atoms with Gasteiger partial charge in [0.2, 0.25) is 17.6 Å². The van der Waals surface area contributed by atoms with Crippen LogP contribution < -0.4 is 5.73 Å². The Balaban J connectivity index is 1.69. The van der Waals surface area contributed by atoms with Crippen LogP contribution in [-0.2, 0) is 4.79 Å². The summed E-state index contributed by atoms with van der Waals surface area (Å²) in [6.45, 7) is 1.64. The third kappa shape index (κ3) is 4.46. The lowest BCUT2D eigenvalue weighted by Crippen LogP contribution is -2.50. The molecule has 1 atom stereocenters. The minimum Gasteiger partial charge on any atom is -0.358 e. The molecule has 3 N–H and O–H groups in total. The number of benzene rings is 1. The summed E-state index contributed by atoms with van der Waals surface area (Å²) in [6, 6.07) is 5.82. The second kappa shape index (κ2) is 8.89. The van der Waals surface area contributed by atoms with Crippen LogP contribution in [0.5, 0.6) is 0 Å². The maximum atomic E-state index is 13.1. The molecular weight excluding hydrogens is 335 g/mol. The third-order valence-electron chi connectivity index (χ3n) is 4.79. The fraction of sp³-hybridized carbons (Fsp3) is 0.526. The Hall–Kier alpha value is -2.28. The second-order valence-electron chi connectivity index (χ2n) is 6.73. The van der Waals surface area contributed by atoms with Gasteiger partial charge in [0.25, 0.3) is 0 Å². The van der Waals surface area contributed by atoms with Gasteiger partial charge in [0, 0.05) is 18.5 Å². The molecule has 1 aliphatic heterocycles. The molecule has 1 aliphatic rings. The molecule has 2 aromatic rings. The standard InChI is InChI=1S/C19H25FN4O2/c20-15-10-8-14(9-11-15)18-22-19(26-23-18)16-6-3-5-13-24(16)17(25)7-2-1-4-12-21/h8-11,16H,1-7,12-13,21H2/p+1/t16-/m1/s1. The number of piperidine rings is 1. The van der Waals surface area contributed by atoms with E-state index in [4.69, 9.17) is 4.52 Å². The van der Waals surface area contributed by atoms with E-state index in [1.807, 2.05) is 4.90 Å². The number of carbonyl (C=O) groups is 1. The molecule has 2 heterocycles. The largest absolute Gasteiger partial charge is 0.358 e. The molecule has 6 nitrogen and oxygen atoms in total. The highest BCUT2D eigenvalue weighted by Gasteiger charge is 2.31. The Morgan fingerprint density at radius 2 is 2.04 bits per heavy atom. The molecule has 1 aromatic heterocycles. The molecule has 0 aliphatic carbocycles. The molecule has 7 heteroatoms. The average molecular weight is 361 g/mol. The van der Waals surface area contributed by atoms with Crippen LogP contribution in [0, 0.1) is 5.82 Å². The van der Waals surface area contributed by atoms with Crippen LogP contribution >= 0.6 is 0 Å². The molecular formula is C19H26FN4O2+. The van der Waals surface area contributed by atoms with E-state index in [0.29, 0.717) is 23.7 Å². The van der Waals surface area contributed by atoms with E-state index >= 15 is 0 Å². The van der Waals surface area contributed by atoms with E-state index in [1.165, 1.54) is 12.1 Å². The van der Waals surface area contributed by atoms with Crippen molar-refractivity contribution < 1.29 is 19.4 Å². The first-order valence-corrected chi connectivity index (χ1v) is 9.37. The van der Waals surface area contributed by atoms with Crippen molar-refractivity contribution in [1.82, 2.24) is 15.0 Å². The monoisotopic (exact) mass is 361 g/mol. The molecule has 3 rings (SSSR count). The Bertz CT molecular complexity index is 717. The van der Waals surface area contributed by atoms with Gasteiger partial charge in [-0.3, -0.25) is 4.79 Å². The Labute approximate surface area is 152 Å². The van der Waals surface area contributed by atoms with Crippen molar-refractivity contribution in [2.45, 2.75) is 51.0 Å². The molecule has 1 amide bonds. The van der Waals surface area contributed by atoms with Gasteiger partial charge >= 0.3 is 0 Å². The lowest BCUT2D eigenvalue weighted by Gasteiger charge is -2.33. The number of carbonyl (C=O) groups excluding carboxylic acids is 1. The number of hydrogen-bond donors (Lipinski definition) is 1. The number of hydrogen-bond acceptors (Lipinski definition) is 4. The minimum absolute atomic E-state index is 0.153. The fourth-order valence-corrected chi connectivity index (χ4v) is 3.35. The Morgan fingerprint density at radius 1 is 1.23 bits per heavy atom. The van der Waals surface area contributed by atoms with Gasteiger partial charge < -0.3 is 15.2 Å². The molecule has 0 saturated carbocycles. The zero-order chi connectivity index (χ0) is 18.4. The number of likely N-dealkylation sites (tertiary alicyclic amines) is 1. The van der Waals surface area contributed by atoms with Gasteiger partial charge in [0.15, 0.2) is 0 Å². The number of unbranched alkanes of at least 4 members (excludes halogenated alkanes) is 2. The summed E-state index contributed by atoms with van der Waals surface area (Å²) in [6.07, 6.45) is 6.39. The fourth-order valence-electron chi connectivity index (χ4n) is 3.35. The van der Waals surface area contributed by atoms with Crippen LogP contribution in [0.25, 0.3) is 11.4 Å². The van der Waals surface area contributed by atoms with Crippen molar-refractivity contribution in [2.75, 3.05) is 13.1 Å². The van der Waals surface area contributed by atoms with Crippen molar-refractivity contribution in [2.24, 2.45) is 0 Å². The highest BCUT2D eigenvalue weighted by molar-refractivity contribution is 5.76. The summed E-state index contributed by atoms with van der Waals surface area (Å²) in [7, 11) is 0. The van der Waals surface area contributed by atoms with Crippen LogP contribution in [0.1, 0.15) is 56.9 Å². The highest BCUT2D eigenvalue weighted by Crippen LogP contribution is 2.31. The van der Waals surface area contributed by atoms with E-state index in [0.717, 1.165) is 51.6 Å². The van der Waals surface area contributed by atoms with E-state index in [1.54, 1.807) is 12.1 Å². The first kappa shape index (κ1) is 18.5. The molecule has 26 heavy (non-hydrogen) atoms. The van der Waals surface area contributed by atoms with Crippen molar-refractivity contribution in [3.05, 3.63) is 36.0 Å². The summed E-state index contributed by atoms with van der Waals surface area (Å²) in [5.41, 5.74) is 4.53. The molecule has 0 radical (unpaired) electrons. The lowest BCUT2D eigenvalue weighted by molar-refractivity contribution is -0.368. The summed E-state index contributed by atoms with van der Waals surface area (Å²) in [5.74, 6) is 0.740.